The van der Waals surface area contributed by atoms with Crippen LogP contribution in [0.1, 0.15) is 57.6 Å². The summed E-state index contributed by atoms with van der Waals surface area (Å²) in [6.45, 7) is 3.25. The molecule has 1 aromatic carbocycles. The second kappa shape index (κ2) is 8.89. The van der Waals surface area contributed by atoms with Gasteiger partial charge in [-0.25, -0.2) is 13.6 Å². The summed E-state index contributed by atoms with van der Waals surface area (Å²) in [5.74, 6) is -1.83. The molecule has 0 bridgehead atoms. The highest BCUT2D eigenvalue weighted by Gasteiger charge is 2.22. The molecule has 138 valence electrons. The number of hydrogen-bond acceptors (Lipinski definition) is 3. The maximum Gasteiger partial charge on any atom is 0.321 e. The number of amides is 3. The van der Waals surface area contributed by atoms with Crippen molar-refractivity contribution in [1.29, 1.82) is 0 Å². The largest absolute Gasteiger partial charge is 0.335 e. The van der Waals surface area contributed by atoms with Gasteiger partial charge in [0.1, 0.15) is 11.6 Å². The van der Waals surface area contributed by atoms with Gasteiger partial charge in [-0.1, -0.05) is 25.3 Å². The summed E-state index contributed by atoms with van der Waals surface area (Å²) >= 11 is 0. The van der Waals surface area contributed by atoms with Crippen LogP contribution in [0.25, 0.3) is 0 Å². The highest BCUT2D eigenvalue weighted by Crippen LogP contribution is 2.18. The van der Waals surface area contributed by atoms with E-state index in [9.17, 15) is 18.4 Å². The average molecular weight is 353 g/mol. The second-order valence-electron chi connectivity index (χ2n) is 6.57. The monoisotopic (exact) mass is 353 g/mol. The first-order chi connectivity index (χ1) is 11.9. The Labute approximate surface area is 146 Å². The molecule has 1 aromatic rings. The van der Waals surface area contributed by atoms with Crippen molar-refractivity contribution >= 4 is 11.9 Å². The van der Waals surface area contributed by atoms with Crippen LogP contribution in [-0.4, -0.2) is 24.0 Å². The van der Waals surface area contributed by atoms with Gasteiger partial charge in [0.05, 0.1) is 6.04 Å². The van der Waals surface area contributed by atoms with Gasteiger partial charge in [0.15, 0.2) is 0 Å². The van der Waals surface area contributed by atoms with Gasteiger partial charge in [-0.3, -0.25) is 15.4 Å². The molecule has 0 radical (unpaired) electrons. The van der Waals surface area contributed by atoms with Gasteiger partial charge >= 0.3 is 6.03 Å². The summed E-state index contributed by atoms with van der Waals surface area (Å²) in [6.07, 6.45) is 5.19. The van der Waals surface area contributed by atoms with Crippen LogP contribution >= 0.6 is 0 Å². The topological polar surface area (TPSA) is 70.2 Å². The van der Waals surface area contributed by atoms with Crippen molar-refractivity contribution < 1.29 is 18.4 Å². The molecule has 7 heteroatoms. The van der Waals surface area contributed by atoms with Crippen molar-refractivity contribution in [2.24, 2.45) is 0 Å². The minimum atomic E-state index is -0.712. The van der Waals surface area contributed by atoms with Gasteiger partial charge in [0, 0.05) is 23.7 Å². The molecule has 0 aliphatic heterocycles. The van der Waals surface area contributed by atoms with E-state index in [2.05, 4.69) is 16.0 Å². The first-order valence-corrected chi connectivity index (χ1v) is 8.69. The number of hydrogen-bond donors (Lipinski definition) is 3. The maximum absolute atomic E-state index is 13.8. The van der Waals surface area contributed by atoms with Crippen molar-refractivity contribution in [3.8, 4) is 0 Å². The first kappa shape index (κ1) is 19.3. The van der Waals surface area contributed by atoms with E-state index in [4.69, 9.17) is 0 Å². The van der Waals surface area contributed by atoms with E-state index in [0.717, 1.165) is 31.7 Å². The highest BCUT2D eigenvalue weighted by molar-refractivity contribution is 5.96. The number of carbonyl (C=O) groups is 2. The number of halogens is 2. The number of imide groups is 1. The zero-order chi connectivity index (χ0) is 18.4. The lowest BCUT2D eigenvalue weighted by Gasteiger charge is -2.24. The standard InChI is InChI=1S/C18H25F2N3O2/c1-11(15-9-8-13(19)10-16(15)20)21-12(2)17(24)23-18(25)22-14-6-4-3-5-7-14/h8-12,14,21H,3-7H2,1-2H3,(H2,22,23,24,25)/t11-,12+/m1/s1. The van der Waals surface area contributed by atoms with Crippen molar-refractivity contribution in [1.82, 2.24) is 16.0 Å². The minimum Gasteiger partial charge on any atom is -0.335 e. The molecule has 2 atom stereocenters. The van der Waals surface area contributed by atoms with Crippen LogP contribution < -0.4 is 16.0 Å². The first-order valence-electron chi connectivity index (χ1n) is 8.69. The number of urea groups is 1. The van der Waals surface area contributed by atoms with E-state index < -0.39 is 35.7 Å². The Bertz CT molecular complexity index is 618. The van der Waals surface area contributed by atoms with Crippen LogP contribution in [-0.2, 0) is 4.79 Å². The Kier molecular flexibility index (Phi) is 6.87. The highest BCUT2D eigenvalue weighted by atomic mass is 19.1. The number of carbonyl (C=O) groups excluding carboxylic acids is 2. The summed E-state index contributed by atoms with van der Waals surface area (Å²) in [4.78, 5) is 24.0. The third-order valence-electron chi connectivity index (χ3n) is 4.50. The summed E-state index contributed by atoms with van der Waals surface area (Å²) in [6, 6.07) is 1.68. The van der Waals surface area contributed by atoms with E-state index in [1.807, 2.05) is 0 Å². The molecule has 3 N–H and O–H groups in total. The third-order valence-corrected chi connectivity index (χ3v) is 4.50. The molecule has 0 aromatic heterocycles. The van der Waals surface area contributed by atoms with Crippen molar-refractivity contribution in [3.63, 3.8) is 0 Å². The molecule has 1 saturated carbocycles. The Hall–Kier alpha value is -2.02. The predicted molar refractivity (Wildman–Crippen MR) is 90.9 cm³/mol. The summed E-state index contributed by atoms with van der Waals surface area (Å²) in [5.41, 5.74) is 0.257. The number of benzene rings is 1. The van der Waals surface area contributed by atoms with E-state index in [1.54, 1.807) is 13.8 Å². The molecule has 1 aliphatic rings. The summed E-state index contributed by atoms with van der Waals surface area (Å²) in [7, 11) is 0. The van der Waals surface area contributed by atoms with E-state index in [-0.39, 0.29) is 11.6 Å². The van der Waals surface area contributed by atoms with E-state index in [1.165, 1.54) is 18.6 Å². The van der Waals surface area contributed by atoms with Crippen LogP contribution in [0.3, 0.4) is 0 Å². The molecular weight excluding hydrogens is 328 g/mol. The molecule has 0 spiro atoms. The summed E-state index contributed by atoms with van der Waals surface area (Å²) < 4.78 is 26.7. The van der Waals surface area contributed by atoms with Gasteiger partial charge in [0.2, 0.25) is 5.91 Å². The fraction of sp³-hybridized carbons (Fsp3) is 0.556. The smallest absolute Gasteiger partial charge is 0.321 e. The van der Waals surface area contributed by atoms with E-state index in [0.29, 0.717) is 0 Å². The third kappa shape index (κ3) is 5.77. The van der Waals surface area contributed by atoms with Crippen molar-refractivity contribution in [2.45, 2.75) is 64.1 Å². The van der Waals surface area contributed by atoms with Crippen LogP contribution in [0.5, 0.6) is 0 Å². The Morgan fingerprint density at radius 1 is 1.12 bits per heavy atom. The van der Waals surface area contributed by atoms with Crippen LogP contribution in [0.2, 0.25) is 0 Å². The van der Waals surface area contributed by atoms with Crippen LogP contribution in [0.4, 0.5) is 13.6 Å². The fourth-order valence-electron chi connectivity index (χ4n) is 3.08. The minimum absolute atomic E-state index is 0.108. The molecule has 2 rings (SSSR count). The molecule has 1 fully saturated rings. The normalized spacial score (nSPS) is 17.6. The lowest BCUT2D eigenvalue weighted by molar-refractivity contribution is -0.121. The number of nitrogens with one attached hydrogen (secondary N) is 3. The second-order valence-corrected chi connectivity index (χ2v) is 6.57. The van der Waals surface area contributed by atoms with Gasteiger partial charge in [-0.15, -0.1) is 0 Å². The van der Waals surface area contributed by atoms with Crippen molar-refractivity contribution in [3.05, 3.63) is 35.4 Å². The fourth-order valence-corrected chi connectivity index (χ4v) is 3.08. The Morgan fingerprint density at radius 2 is 1.80 bits per heavy atom. The van der Waals surface area contributed by atoms with Crippen LogP contribution in [0.15, 0.2) is 18.2 Å². The van der Waals surface area contributed by atoms with Crippen molar-refractivity contribution in [2.75, 3.05) is 0 Å². The van der Waals surface area contributed by atoms with E-state index >= 15 is 0 Å². The number of rotatable bonds is 5. The lowest BCUT2D eigenvalue weighted by atomic mass is 9.96. The molecule has 5 nitrogen and oxygen atoms in total. The van der Waals surface area contributed by atoms with Gasteiger partial charge in [-0.05, 0) is 32.8 Å². The Morgan fingerprint density at radius 3 is 2.44 bits per heavy atom. The molecule has 1 aliphatic carbocycles. The van der Waals surface area contributed by atoms with Gasteiger partial charge < -0.3 is 5.32 Å². The quantitative estimate of drug-likeness (QED) is 0.761. The summed E-state index contributed by atoms with van der Waals surface area (Å²) in [5, 5.41) is 8.02. The zero-order valence-electron chi connectivity index (χ0n) is 14.6. The maximum atomic E-state index is 13.8. The van der Waals surface area contributed by atoms with Crippen LogP contribution in [0, 0.1) is 11.6 Å². The lowest BCUT2D eigenvalue weighted by Crippen LogP contribution is -2.50. The molecule has 3 amide bonds. The van der Waals surface area contributed by atoms with Gasteiger partial charge in [-0.2, -0.15) is 0 Å². The molecule has 0 saturated heterocycles. The molecule has 25 heavy (non-hydrogen) atoms. The Balaban J connectivity index is 1.83. The molecular formula is C18H25F2N3O2. The predicted octanol–water partition coefficient (Wildman–Crippen LogP) is 3.16. The molecule has 0 heterocycles. The molecule has 0 unspecified atom stereocenters. The van der Waals surface area contributed by atoms with Gasteiger partial charge in [0.25, 0.3) is 0 Å². The average Bonchev–Trinajstić information content (AvgIpc) is 2.55. The zero-order valence-corrected chi connectivity index (χ0v) is 14.6. The SMILES string of the molecule is C[C@H](N[C@H](C)c1ccc(F)cc1F)C(=O)NC(=O)NC1CCCCC1.